The first-order valence-corrected chi connectivity index (χ1v) is 6.63. The highest BCUT2D eigenvalue weighted by molar-refractivity contribution is 5.95. The zero-order valence-corrected chi connectivity index (χ0v) is 12.1. The first-order valence-electron chi connectivity index (χ1n) is 6.63. The Morgan fingerprint density at radius 2 is 2.11 bits per heavy atom. The number of nitrogens with two attached hydrogens (primary N) is 1. The van der Waals surface area contributed by atoms with Crippen LogP contribution in [-0.2, 0) is 0 Å². The molecule has 1 aliphatic rings. The summed E-state index contributed by atoms with van der Waals surface area (Å²) in [4.78, 5) is 9.14. The minimum Gasteiger partial charge on any atom is -0.384 e. The quantitative estimate of drug-likeness (QED) is 0.630. The van der Waals surface area contributed by atoms with Crippen LogP contribution < -0.4 is 10.6 Å². The number of nitrogen functional groups attached to an aromatic ring is 1. The molecule has 1 aromatic heterocycles. The Bertz CT molecular complexity index is 483. The van der Waals surface area contributed by atoms with Gasteiger partial charge in [0.25, 0.3) is 0 Å². The van der Waals surface area contributed by atoms with Gasteiger partial charge in [0.15, 0.2) is 0 Å². The largest absolute Gasteiger partial charge is 0.384 e. The van der Waals surface area contributed by atoms with Gasteiger partial charge in [0.2, 0.25) is 0 Å². The normalized spacial score (nSPS) is 23.1. The third kappa shape index (κ3) is 2.87. The molecule has 2 heterocycles. The molecule has 2 rings (SSSR count). The van der Waals surface area contributed by atoms with E-state index in [2.05, 4.69) is 35.8 Å². The summed E-state index contributed by atoms with van der Waals surface area (Å²) in [6, 6.07) is 4.32. The zero-order valence-electron chi connectivity index (χ0n) is 12.1. The van der Waals surface area contributed by atoms with Gasteiger partial charge in [0.05, 0.1) is 0 Å². The van der Waals surface area contributed by atoms with Gasteiger partial charge in [0.1, 0.15) is 11.7 Å². The number of rotatable bonds is 3. The van der Waals surface area contributed by atoms with E-state index in [0.29, 0.717) is 12.0 Å². The summed E-state index contributed by atoms with van der Waals surface area (Å²) in [5.74, 6) is 1.64. The van der Waals surface area contributed by atoms with Crippen LogP contribution in [0.2, 0.25) is 0 Å². The molecule has 2 atom stereocenters. The Balaban J connectivity index is 2.26. The van der Waals surface area contributed by atoms with Crippen LogP contribution in [0.4, 0.5) is 5.82 Å². The molecule has 0 saturated carbocycles. The average molecular weight is 261 g/mol. The Hall–Kier alpha value is -1.62. The molecule has 104 valence electrons. The van der Waals surface area contributed by atoms with E-state index in [9.17, 15) is 0 Å². The van der Waals surface area contributed by atoms with Crippen molar-refractivity contribution in [3.8, 4) is 0 Å². The van der Waals surface area contributed by atoms with E-state index in [1.807, 2.05) is 19.1 Å². The highest BCUT2D eigenvalue weighted by Gasteiger charge is 2.31. The van der Waals surface area contributed by atoms with Crippen LogP contribution in [0.15, 0.2) is 12.1 Å². The van der Waals surface area contributed by atoms with Crippen LogP contribution in [0.1, 0.15) is 18.2 Å². The molecule has 1 fully saturated rings. The topological polar surface area (TPSA) is 69.2 Å². The van der Waals surface area contributed by atoms with E-state index in [1.165, 1.54) is 0 Å². The van der Waals surface area contributed by atoms with Crippen molar-refractivity contribution in [2.24, 2.45) is 11.7 Å². The number of hydrogen-bond acceptors (Lipinski definition) is 4. The molecule has 1 aromatic rings. The first kappa shape index (κ1) is 13.8. The second kappa shape index (κ2) is 5.17. The van der Waals surface area contributed by atoms with E-state index in [-0.39, 0.29) is 5.84 Å². The van der Waals surface area contributed by atoms with Gasteiger partial charge in [-0.1, -0.05) is 6.92 Å². The number of likely N-dealkylation sites (N-methyl/N-ethyl adjacent to an activating group) is 1. The monoisotopic (exact) mass is 261 g/mol. The number of anilines is 1. The maximum atomic E-state index is 7.57. The van der Waals surface area contributed by atoms with Gasteiger partial charge in [-0.15, -0.1) is 0 Å². The highest BCUT2D eigenvalue weighted by atomic mass is 15.3. The maximum absolute atomic E-state index is 7.57. The van der Waals surface area contributed by atoms with Crippen LogP contribution in [-0.4, -0.2) is 48.9 Å². The lowest BCUT2D eigenvalue weighted by Crippen LogP contribution is -2.34. The van der Waals surface area contributed by atoms with Crippen molar-refractivity contribution in [3.63, 3.8) is 0 Å². The Labute approximate surface area is 114 Å². The summed E-state index contributed by atoms with van der Waals surface area (Å²) in [6.45, 7) is 6.18. The SMILES string of the molecule is Cc1cc(C(=N)N)cc(N2CC(C)C(N(C)C)C2)n1. The molecule has 5 heteroatoms. The maximum Gasteiger partial charge on any atom is 0.129 e. The molecule has 19 heavy (non-hydrogen) atoms. The summed E-state index contributed by atoms with van der Waals surface area (Å²) in [5.41, 5.74) is 7.24. The van der Waals surface area contributed by atoms with Gasteiger partial charge in [-0.25, -0.2) is 4.98 Å². The van der Waals surface area contributed by atoms with Gasteiger partial charge in [-0.05, 0) is 39.1 Å². The molecule has 0 bridgehead atoms. The van der Waals surface area contributed by atoms with Gasteiger partial charge in [0, 0.05) is 30.4 Å². The molecule has 0 aromatic carbocycles. The number of pyridine rings is 1. The fourth-order valence-corrected chi connectivity index (χ4v) is 2.78. The molecule has 1 saturated heterocycles. The third-order valence-electron chi connectivity index (χ3n) is 3.81. The zero-order chi connectivity index (χ0) is 14.2. The van der Waals surface area contributed by atoms with Crippen molar-refractivity contribution < 1.29 is 0 Å². The minimum atomic E-state index is 0.100. The van der Waals surface area contributed by atoms with Gasteiger partial charge >= 0.3 is 0 Å². The van der Waals surface area contributed by atoms with Crippen molar-refractivity contribution >= 4 is 11.7 Å². The predicted molar refractivity (Wildman–Crippen MR) is 78.8 cm³/mol. The number of aromatic nitrogens is 1. The smallest absolute Gasteiger partial charge is 0.129 e. The van der Waals surface area contributed by atoms with Crippen LogP contribution >= 0.6 is 0 Å². The van der Waals surface area contributed by atoms with Crippen molar-refractivity contribution in [3.05, 3.63) is 23.4 Å². The minimum absolute atomic E-state index is 0.100. The van der Waals surface area contributed by atoms with Crippen LogP contribution in [0, 0.1) is 18.3 Å². The van der Waals surface area contributed by atoms with E-state index in [4.69, 9.17) is 11.1 Å². The number of nitrogens with zero attached hydrogens (tertiary/aromatic N) is 3. The molecule has 0 amide bonds. The van der Waals surface area contributed by atoms with Crippen molar-refractivity contribution in [2.75, 3.05) is 32.1 Å². The predicted octanol–water partition coefficient (Wildman–Crippen LogP) is 1.06. The van der Waals surface area contributed by atoms with Crippen LogP contribution in [0.3, 0.4) is 0 Å². The first-order chi connectivity index (χ1) is 8.88. The van der Waals surface area contributed by atoms with Crippen LogP contribution in [0.5, 0.6) is 0 Å². The second-order valence-electron chi connectivity index (χ2n) is 5.68. The number of nitrogens with one attached hydrogen (secondary N) is 1. The lowest BCUT2D eigenvalue weighted by molar-refractivity contribution is 0.266. The summed E-state index contributed by atoms with van der Waals surface area (Å²) < 4.78 is 0. The molecule has 0 aliphatic carbocycles. The van der Waals surface area contributed by atoms with E-state index < -0.39 is 0 Å². The summed E-state index contributed by atoms with van der Waals surface area (Å²) in [6.07, 6.45) is 0. The summed E-state index contributed by atoms with van der Waals surface area (Å²) >= 11 is 0. The molecule has 0 radical (unpaired) electrons. The Morgan fingerprint density at radius 1 is 1.42 bits per heavy atom. The van der Waals surface area contributed by atoms with E-state index in [0.717, 1.165) is 30.2 Å². The lowest BCUT2D eigenvalue weighted by atomic mass is 10.1. The fraction of sp³-hybridized carbons (Fsp3) is 0.571. The highest BCUT2D eigenvalue weighted by Crippen LogP contribution is 2.25. The molecular formula is C14H23N5. The Morgan fingerprint density at radius 3 is 2.63 bits per heavy atom. The van der Waals surface area contributed by atoms with Crippen molar-refractivity contribution in [1.82, 2.24) is 9.88 Å². The standard InChI is InChI=1S/C14H23N5/c1-9-7-19(8-12(9)18(3)4)13-6-11(14(15)16)5-10(2)17-13/h5-6,9,12H,7-8H2,1-4H3,(H3,15,16). The average Bonchev–Trinajstić information content (AvgIpc) is 2.70. The molecule has 0 spiro atoms. The van der Waals surface area contributed by atoms with Crippen molar-refractivity contribution in [1.29, 1.82) is 5.41 Å². The van der Waals surface area contributed by atoms with Crippen LogP contribution in [0.25, 0.3) is 0 Å². The summed E-state index contributed by atoms with van der Waals surface area (Å²) in [7, 11) is 4.24. The van der Waals surface area contributed by atoms with Gasteiger partial charge in [-0.2, -0.15) is 0 Å². The molecule has 3 N–H and O–H groups in total. The van der Waals surface area contributed by atoms with Crippen molar-refractivity contribution in [2.45, 2.75) is 19.9 Å². The number of aryl methyl sites for hydroxylation is 1. The summed E-state index contributed by atoms with van der Waals surface area (Å²) in [5, 5.41) is 7.57. The molecule has 2 unspecified atom stereocenters. The van der Waals surface area contributed by atoms with Gasteiger partial charge < -0.3 is 15.5 Å². The molecule has 5 nitrogen and oxygen atoms in total. The van der Waals surface area contributed by atoms with E-state index >= 15 is 0 Å². The fourth-order valence-electron chi connectivity index (χ4n) is 2.78. The number of hydrogen-bond donors (Lipinski definition) is 2. The molecule has 1 aliphatic heterocycles. The number of amidine groups is 1. The van der Waals surface area contributed by atoms with Gasteiger partial charge in [-0.3, -0.25) is 5.41 Å². The van der Waals surface area contributed by atoms with E-state index in [1.54, 1.807) is 0 Å². The third-order valence-corrected chi connectivity index (χ3v) is 3.81. The second-order valence-corrected chi connectivity index (χ2v) is 5.68. The molecular weight excluding hydrogens is 238 g/mol. The lowest BCUT2D eigenvalue weighted by Gasteiger charge is -2.23. The Kier molecular flexibility index (Phi) is 3.75.